The summed E-state index contributed by atoms with van der Waals surface area (Å²) in [7, 11) is 5.30. The van der Waals surface area contributed by atoms with Gasteiger partial charge in [0.2, 0.25) is 0 Å². The average Bonchev–Trinajstić information content (AvgIpc) is 3.23. The summed E-state index contributed by atoms with van der Waals surface area (Å²) in [4.78, 5) is 37.5. The molecule has 42 heavy (non-hydrogen) atoms. The summed E-state index contributed by atoms with van der Waals surface area (Å²) in [5.41, 5.74) is 1.85. The van der Waals surface area contributed by atoms with Gasteiger partial charge in [-0.05, 0) is 68.3 Å². The number of esters is 1. The van der Waals surface area contributed by atoms with Gasteiger partial charge in [0.15, 0.2) is 5.65 Å². The lowest BCUT2D eigenvalue weighted by Gasteiger charge is -2.50. The predicted molar refractivity (Wildman–Crippen MR) is 168 cm³/mol. The van der Waals surface area contributed by atoms with Gasteiger partial charge in [0.1, 0.15) is 11.7 Å². The third-order valence-corrected chi connectivity index (χ3v) is 9.33. The number of nitrogens with one attached hydrogen (secondary N) is 1. The summed E-state index contributed by atoms with van der Waals surface area (Å²) in [6, 6.07) is 7.07. The fraction of sp³-hybridized carbons (Fsp3) is 0.606. The van der Waals surface area contributed by atoms with Crippen LogP contribution in [0.15, 0.2) is 29.1 Å². The average molecular weight is 599 g/mol. The summed E-state index contributed by atoms with van der Waals surface area (Å²) >= 11 is 6.27. The van der Waals surface area contributed by atoms with Gasteiger partial charge in [0, 0.05) is 28.5 Å². The minimum Gasteiger partial charge on any atom is -0.468 e. The molecule has 4 rings (SSSR count). The quantitative estimate of drug-likeness (QED) is 0.301. The first-order chi connectivity index (χ1) is 19.4. The first kappa shape index (κ1) is 32.1. The summed E-state index contributed by atoms with van der Waals surface area (Å²) in [6.45, 7) is 17.7. The third kappa shape index (κ3) is 6.11. The molecule has 1 aromatic carbocycles. The van der Waals surface area contributed by atoms with E-state index in [4.69, 9.17) is 21.1 Å². The highest BCUT2D eigenvalue weighted by molar-refractivity contribution is 6.30. The van der Waals surface area contributed by atoms with E-state index in [-0.39, 0.29) is 52.0 Å². The number of halogens is 1. The van der Waals surface area contributed by atoms with Crippen LogP contribution >= 0.6 is 11.6 Å². The summed E-state index contributed by atoms with van der Waals surface area (Å²) in [5, 5.41) is 0.573. The number of fused-ring (bicyclic) bond motifs is 1. The molecule has 0 amide bonds. The molecular weight excluding hydrogens is 552 g/mol. The molecule has 9 heteroatoms. The van der Waals surface area contributed by atoms with E-state index in [0.29, 0.717) is 22.2 Å². The van der Waals surface area contributed by atoms with Gasteiger partial charge in [-0.3, -0.25) is 4.98 Å². The molecule has 3 atom stereocenters. The van der Waals surface area contributed by atoms with Crippen molar-refractivity contribution in [3.8, 4) is 17.1 Å². The minimum atomic E-state index is -0.488. The smallest absolute Gasteiger partial charge is 0.342 e. The zero-order valence-electron chi connectivity index (χ0n) is 27.0. The number of hydrogen-bond donors (Lipinski definition) is 1. The molecule has 1 fully saturated rings. The Morgan fingerprint density at radius 2 is 1.62 bits per heavy atom. The van der Waals surface area contributed by atoms with Gasteiger partial charge < -0.3 is 14.4 Å². The van der Waals surface area contributed by atoms with Gasteiger partial charge in [-0.2, -0.15) is 4.98 Å². The maximum absolute atomic E-state index is 14.7. The van der Waals surface area contributed by atoms with Crippen LogP contribution in [-0.2, 0) is 4.74 Å². The molecule has 2 heterocycles. The van der Waals surface area contributed by atoms with E-state index in [1.54, 1.807) is 12.1 Å². The normalized spacial score (nSPS) is 22.4. The van der Waals surface area contributed by atoms with E-state index in [0.717, 1.165) is 18.4 Å². The fourth-order valence-electron chi connectivity index (χ4n) is 6.55. The maximum Gasteiger partial charge on any atom is 0.342 e. The fourth-order valence-corrected chi connectivity index (χ4v) is 6.68. The first-order valence-electron chi connectivity index (χ1n) is 14.8. The van der Waals surface area contributed by atoms with Crippen LogP contribution in [0.3, 0.4) is 0 Å². The van der Waals surface area contributed by atoms with Crippen LogP contribution in [0.5, 0.6) is 6.01 Å². The molecule has 3 unspecified atom stereocenters. The summed E-state index contributed by atoms with van der Waals surface area (Å²) < 4.78 is 13.5. The zero-order chi connectivity index (χ0) is 31.3. The van der Waals surface area contributed by atoms with Crippen LogP contribution in [0.2, 0.25) is 5.02 Å². The molecule has 1 saturated carbocycles. The Balaban J connectivity index is 2.02. The third-order valence-electron chi connectivity index (χ3n) is 9.08. The van der Waals surface area contributed by atoms with Crippen molar-refractivity contribution in [2.45, 2.75) is 80.4 Å². The number of benzene rings is 1. The SMILES string of the molecule is COc1nc2c(C(=O)OC3C(C(C)(C)C)CC(C)CC3C(C)(C)C)c(-c3ccc(Cl)cc3)c(C(C)N(C)C)n2c(=O)[nH]1. The number of H-pyrrole nitrogens is 1. The van der Waals surface area contributed by atoms with E-state index in [2.05, 4.69) is 58.4 Å². The second-order valence-corrected chi connectivity index (χ2v) is 14.8. The molecule has 3 aromatic rings. The number of ether oxygens (including phenoxy) is 2. The van der Waals surface area contributed by atoms with Crippen molar-refractivity contribution in [1.82, 2.24) is 19.3 Å². The molecule has 2 aromatic heterocycles. The number of aromatic nitrogens is 3. The number of hydrogen-bond acceptors (Lipinski definition) is 6. The van der Waals surface area contributed by atoms with Crippen LogP contribution in [0.4, 0.5) is 0 Å². The van der Waals surface area contributed by atoms with Gasteiger partial charge in [0.25, 0.3) is 6.01 Å². The van der Waals surface area contributed by atoms with Crippen molar-refractivity contribution in [2.75, 3.05) is 21.2 Å². The largest absolute Gasteiger partial charge is 0.468 e. The van der Waals surface area contributed by atoms with E-state index < -0.39 is 11.7 Å². The Kier molecular flexibility index (Phi) is 8.92. The number of methoxy groups -OCH3 is 1. The second kappa shape index (κ2) is 11.7. The van der Waals surface area contributed by atoms with Crippen molar-refractivity contribution in [3.63, 3.8) is 0 Å². The Morgan fingerprint density at radius 3 is 2.10 bits per heavy atom. The number of rotatable bonds is 6. The number of nitrogens with zero attached hydrogens (tertiary/aromatic N) is 3. The molecule has 0 radical (unpaired) electrons. The lowest BCUT2D eigenvalue weighted by Crippen LogP contribution is -2.49. The van der Waals surface area contributed by atoms with Gasteiger partial charge in [-0.1, -0.05) is 72.2 Å². The lowest BCUT2D eigenvalue weighted by molar-refractivity contribution is -0.0922. The van der Waals surface area contributed by atoms with Crippen LogP contribution in [0, 0.1) is 28.6 Å². The highest BCUT2D eigenvalue weighted by atomic mass is 35.5. The van der Waals surface area contributed by atoms with E-state index >= 15 is 0 Å². The lowest BCUT2D eigenvalue weighted by atomic mass is 9.59. The van der Waals surface area contributed by atoms with Crippen molar-refractivity contribution >= 4 is 23.2 Å². The Morgan fingerprint density at radius 1 is 1.07 bits per heavy atom. The first-order valence-corrected chi connectivity index (χ1v) is 15.2. The van der Waals surface area contributed by atoms with Crippen molar-refractivity contribution in [3.05, 3.63) is 51.0 Å². The number of aromatic amines is 1. The molecule has 1 aliphatic rings. The van der Waals surface area contributed by atoms with Crippen molar-refractivity contribution < 1.29 is 14.3 Å². The molecule has 8 nitrogen and oxygen atoms in total. The molecular formula is C33H47ClN4O4. The summed E-state index contributed by atoms with van der Waals surface area (Å²) in [5.74, 6) is 0.352. The van der Waals surface area contributed by atoms with Gasteiger partial charge in [-0.15, -0.1) is 0 Å². The molecule has 0 saturated heterocycles. The van der Waals surface area contributed by atoms with Crippen LogP contribution < -0.4 is 10.4 Å². The van der Waals surface area contributed by atoms with E-state index in [1.807, 2.05) is 38.1 Å². The van der Waals surface area contributed by atoms with Crippen LogP contribution in [0.25, 0.3) is 16.8 Å². The number of carbonyl (C=O) groups is 1. The van der Waals surface area contributed by atoms with Crippen LogP contribution in [0.1, 0.15) is 90.3 Å². The molecule has 230 valence electrons. The van der Waals surface area contributed by atoms with E-state index in [1.165, 1.54) is 11.5 Å². The Hall–Kier alpha value is -2.84. The van der Waals surface area contributed by atoms with Gasteiger partial charge >= 0.3 is 11.7 Å². The second-order valence-electron chi connectivity index (χ2n) is 14.4. The van der Waals surface area contributed by atoms with Gasteiger partial charge in [-0.25, -0.2) is 14.0 Å². The molecule has 1 aliphatic carbocycles. The number of carbonyl (C=O) groups excluding carboxylic acids is 1. The summed E-state index contributed by atoms with van der Waals surface area (Å²) in [6.07, 6.45) is 1.65. The standard InChI is InChI=1S/C33H47ClN4O4/c1-18-16-22(32(3,4)5)27(23(17-18)33(6,7)8)42-29(39)25-24(20-12-14-21(34)15-13-20)26(19(2)37(9)10)38-28(25)35-30(41-11)36-31(38)40/h12-15,18-19,22-23,27H,16-17H2,1-11H3,(H,35,36,40). The highest BCUT2D eigenvalue weighted by Gasteiger charge is 2.48. The van der Waals surface area contributed by atoms with Gasteiger partial charge in [0.05, 0.1) is 12.8 Å². The predicted octanol–water partition coefficient (Wildman–Crippen LogP) is 7.25. The zero-order valence-corrected chi connectivity index (χ0v) is 27.7. The highest BCUT2D eigenvalue weighted by Crippen LogP contribution is 2.50. The van der Waals surface area contributed by atoms with Crippen molar-refractivity contribution in [2.24, 2.45) is 28.6 Å². The van der Waals surface area contributed by atoms with Crippen LogP contribution in [-0.4, -0.2) is 52.5 Å². The Bertz CT molecular complexity index is 1470. The topological polar surface area (TPSA) is 88.9 Å². The van der Waals surface area contributed by atoms with Crippen molar-refractivity contribution in [1.29, 1.82) is 0 Å². The Labute approximate surface area is 254 Å². The minimum absolute atomic E-state index is 0.0254. The monoisotopic (exact) mass is 598 g/mol. The molecule has 0 aliphatic heterocycles. The van der Waals surface area contributed by atoms with E-state index in [9.17, 15) is 9.59 Å². The molecule has 1 N–H and O–H groups in total. The molecule has 0 spiro atoms. The maximum atomic E-state index is 14.7. The molecule has 0 bridgehead atoms.